The first-order valence-corrected chi connectivity index (χ1v) is 11.5. The van der Waals surface area contributed by atoms with Crippen LogP contribution in [0.4, 0.5) is 0 Å². The Hall–Kier alpha value is -2.81. The fourth-order valence-corrected chi connectivity index (χ4v) is 4.04. The molecule has 29 heavy (non-hydrogen) atoms. The molecule has 0 radical (unpaired) electrons. The zero-order valence-electron chi connectivity index (χ0n) is 16.7. The SMILES string of the molecule is CN=C(NCc1ccc(CS(C)(=O)=O)cc1)N1CCN(C(=O)c2ccco2)CC1. The van der Waals surface area contributed by atoms with E-state index in [0.29, 0.717) is 38.5 Å². The number of benzene rings is 1. The minimum absolute atomic E-state index is 0.0450. The van der Waals surface area contributed by atoms with E-state index in [1.807, 2.05) is 24.3 Å². The maximum absolute atomic E-state index is 12.4. The monoisotopic (exact) mass is 418 g/mol. The molecule has 0 atom stereocenters. The lowest BCUT2D eigenvalue weighted by atomic mass is 10.1. The molecule has 9 heteroatoms. The van der Waals surface area contributed by atoms with Gasteiger partial charge in [0.25, 0.3) is 5.91 Å². The summed E-state index contributed by atoms with van der Waals surface area (Å²) >= 11 is 0. The van der Waals surface area contributed by atoms with E-state index in [-0.39, 0.29) is 11.7 Å². The number of nitrogens with zero attached hydrogens (tertiary/aromatic N) is 3. The molecule has 8 nitrogen and oxygen atoms in total. The maximum Gasteiger partial charge on any atom is 0.289 e. The number of nitrogens with one attached hydrogen (secondary N) is 1. The third-order valence-corrected chi connectivity index (χ3v) is 5.57. The third kappa shape index (κ3) is 5.83. The summed E-state index contributed by atoms with van der Waals surface area (Å²) in [5.74, 6) is 1.09. The fraction of sp³-hybridized carbons (Fsp3) is 0.400. The number of hydrogen-bond donors (Lipinski definition) is 1. The molecule has 0 aliphatic carbocycles. The van der Waals surface area contributed by atoms with Crippen molar-refractivity contribution in [2.24, 2.45) is 4.99 Å². The van der Waals surface area contributed by atoms with Gasteiger partial charge in [0.15, 0.2) is 21.6 Å². The number of furan rings is 1. The predicted molar refractivity (Wildman–Crippen MR) is 111 cm³/mol. The number of piperazine rings is 1. The van der Waals surface area contributed by atoms with Crippen molar-refractivity contribution >= 4 is 21.7 Å². The molecule has 2 heterocycles. The van der Waals surface area contributed by atoms with Gasteiger partial charge in [-0.3, -0.25) is 9.79 Å². The number of carbonyl (C=O) groups is 1. The molecule has 1 saturated heterocycles. The zero-order valence-corrected chi connectivity index (χ0v) is 17.5. The van der Waals surface area contributed by atoms with Gasteiger partial charge in [-0.25, -0.2) is 8.42 Å². The third-order valence-electron chi connectivity index (χ3n) is 4.71. The Balaban J connectivity index is 1.50. The number of guanidine groups is 1. The van der Waals surface area contributed by atoms with Crippen LogP contribution in [0.3, 0.4) is 0 Å². The topological polar surface area (TPSA) is 95.2 Å². The van der Waals surface area contributed by atoms with Crippen molar-refractivity contribution in [1.82, 2.24) is 15.1 Å². The van der Waals surface area contributed by atoms with Crippen LogP contribution >= 0.6 is 0 Å². The molecule has 1 aliphatic heterocycles. The summed E-state index contributed by atoms with van der Waals surface area (Å²) in [5.41, 5.74) is 1.81. The molecule has 156 valence electrons. The number of sulfone groups is 1. The van der Waals surface area contributed by atoms with E-state index in [2.05, 4.69) is 15.2 Å². The molecule has 2 aromatic rings. The summed E-state index contributed by atoms with van der Waals surface area (Å²) in [4.78, 5) is 20.6. The highest BCUT2D eigenvalue weighted by Crippen LogP contribution is 2.11. The lowest BCUT2D eigenvalue weighted by Crippen LogP contribution is -2.53. The second-order valence-electron chi connectivity index (χ2n) is 7.04. The predicted octanol–water partition coefficient (Wildman–Crippen LogP) is 1.36. The van der Waals surface area contributed by atoms with Crippen molar-refractivity contribution in [3.63, 3.8) is 0 Å². The molecule has 0 spiro atoms. The minimum Gasteiger partial charge on any atom is -0.459 e. The van der Waals surface area contributed by atoms with Crippen LogP contribution in [0.5, 0.6) is 0 Å². The minimum atomic E-state index is -3.03. The normalized spacial score (nSPS) is 15.4. The Kier molecular flexibility index (Phi) is 6.58. The summed E-state index contributed by atoms with van der Waals surface area (Å²) in [6.07, 6.45) is 2.73. The van der Waals surface area contributed by atoms with E-state index < -0.39 is 9.84 Å². The smallest absolute Gasteiger partial charge is 0.289 e. The Bertz CT molecular complexity index is 945. The Morgan fingerprint density at radius 1 is 1.07 bits per heavy atom. The van der Waals surface area contributed by atoms with Crippen molar-refractivity contribution in [3.05, 3.63) is 59.5 Å². The Morgan fingerprint density at radius 2 is 1.69 bits per heavy atom. The van der Waals surface area contributed by atoms with Gasteiger partial charge in [0, 0.05) is 46.0 Å². The highest BCUT2D eigenvalue weighted by molar-refractivity contribution is 7.89. The molecule has 0 unspecified atom stereocenters. The first-order valence-electron chi connectivity index (χ1n) is 9.39. The van der Waals surface area contributed by atoms with Gasteiger partial charge in [-0.15, -0.1) is 0 Å². The van der Waals surface area contributed by atoms with E-state index in [1.54, 1.807) is 24.1 Å². The molecular formula is C20H26N4O4S. The van der Waals surface area contributed by atoms with E-state index in [1.165, 1.54) is 12.5 Å². The molecule has 3 rings (SSSR count). The molecule has 1 N–H and O–H groups in total. The zero-order chi connectivity index (χ0) is 20.9. The van der Waals surface area contributed by atoms with Gasteiger partial charge < -0.3 is 19.5 Å². The van der Waals surface area contributed by atoms with E-state index >= 15 is 0 Å². The van der Waals surface area contributed by atoms with Crippen LogP contribution in [0.1, 0.15) is 21.7 Å². The molecule has 1 aromatic heterocycles. The van der Waals surface area contributed by atoms with Gasteiger partial charge in [-0.05, 0) is 23.3 Å². The average Bonchev–Trinajstić information content (AvgIpc) is 3.23. The van der Waals surface area contributed by atoms with Crippen molar-refractivity contribution in [3.8, 4) is 0 Å². The molecule has 1 amide bonds. The van der Waals surface area contributed by atoms with Crippen LogP contribution in [-0.4, -0.2) is 69.6 Å². The summed E-state index contributed by atoms with van der Waals surface area (Å²) in [7, 11) is -1.30. The fourth-order valence-electron chi connectivity index (χ4n) is 3.25. The van der Waals surface area contributed by atoms with Crippen LogP contribution in [0, 0.1) is 0 Å². The standard InChI is InChI=1S/C20H26N4O4S/c1-21-20(22-14-16-5-7-17(8-6-16)15-29(2,26)27)24-11-9-23(10-12-24)19(25)18-4-3-13-28-18/h3-8,13H,9-12,14-15H2,1-2H3,(H,21,22). The van der Waals surface area contributed by atoms with Gasteiger partial charge in [0.1, 0.15) is 0 Å². The van der Waals surface area contributed by atoms with Gasteiger partial charge >= 0.3 is 0 Å². The van der Waals surface area contributed by atoms with E-state index in [0.717, 1.165) is 17.1 Å². The quantitative estimate of drug-likeness (QED) is 0.582. The number of hydrogen-bond acceptors (Lipinski definition) is 5. The van der Waals surface area contributed by atoms with Gasteiger partial charge in [0.05, 0.1) is 12.0 Å². The molecular weight excluding hydrogens is 392 g/mol. The second kappa shape index (κ2) is 9.13. The molecule has 1 fully saturated rings. The second-order valence-corrected chi connectivity index (χ2v) is 9.18. The number of carbonyl (C=O) groups excluding carboxylic acids is 1. The van der Waals surface area contributed by atoms with E-state index in [4.69, 9.17) is 4.42 Å². The van der Waals surface area contributed by atoms with Gasteiger partial charge in [-0.2, -0.15) is 0 Å². The lowest BCUT2D eigenvalue weighted by molar-refractivity contribution is 0.0657. The summed E-state index contributed by atoms with van der Waals surface area (Å²) in [5, 5.41) is 3.33. The lowest BCUT2D eigenvalue weighted by Gasteiger charge is -2.36. The molecule has 1 aromatic carbocycles. The van der Waals surface area contributed by atoms with Crippen molar-refractivity contribution < 1.29 is 17.6 Å². The first-order chi connectivity index (χ1) is 13.9. The average molecular weight is 419 g/mol. The summed E-state index contributed by atoms with van der Waals surface area (Å²) < 4.78 is 28.0. The molecule has 0 saturated carbocycles. The van der Waals surface area contributed by atoms with E-state index in [9.17, 15) is 13.2 Å². The maximum atomic E-state index is 12.4. The van der Waals surface area contributed by atoms with Gasteiger partial charge in [-0.1, -0.05) is 24.3 Å². The molecule has 0 bridgehead atoms. The van der Waals surface area contributed by atoms with Crippen molar-refractivity contribution in [2.75, 3.05) is 39.5 Å². The first kappa shape index (κ1) is 20.9. The van der Waals surface area contributed by atoms with Crippen LogP contribution in [-0.2, 0) is 22.1 Å². The molecule has 1 aliphatic rings. The number of aliphatic imine (C=N–C) groups is 1. The van der Waals surface area contributed by atoms with Crippen LogP contribution in [0.15, 0.2) is 52.1 Å². The van der Waals surface area contributed by atoms with Crippen LogP contribution < -0.4 is 5.32 Å². The van der Waals surface area contributed by atoms with Crippen molar-refractivity contribution in [1.29, 1.82) is 0 Å². The highest BCUT2D eigenvalue weighted by Gasteiger charge is 2.25. The van der Waals surface area contributed by atoms with Crippen LogP contribution in [0.25, 0.3) is 0 Å². The number of rotatable bonds is 5. The summed E-state index contributed by atoms with van der Waals surface area (Å²) in [6, 6.07) is 10.9. The number of amides is 1. The Labute approximate surface area is 171 Å². The van der Waals surface area contributed by atoms with Crippen LogP contribution in [0.2, 0.25) is 0 Å². The largest absolute Gasteiger partial charge is 0.459 e. The van der Waals surface area contributed by atoms with Crippen molar-refractivity contribution in [2.45, 2.75) is 12.3 Å². The Morgan fingerprint density at radius 3 is 2.24 bits per heavy atom. The highest BCUT2D eigenvalue weighted by atomic mass is 32.2. The summed E-state index contributed by atoms with van der Waals surface area (Å²) in [6.45, 7) is 3.14. The van der Waals surface area contributed by atoms with Gasteiger partial charge in [0.2, 0.25) is 0 Å².